The summed E-state index contributed by atoms with van der Waals surface area (Å²) < 4.78 is 12.3. The summed E-state index contributed by atoms with van der Waals surface area (Å²) in [6.45, 7) is 4.85. The number of furan rings is 1. The lowest BCUT2D eigenvalue weighted by molar-refractivity contribution is 0.0916. The maximum Gasteiger partial charge on any atom is 0.263 e. The van der Waals surface area contributed by atoms with Crippen molar-refractivity contribution < 1.29 is 13.9 Å². The lowest BCUT2D eigenvalue weighted by atomic mass is 10.2. The average molecular weight is 391 g/mol. The molecule has 5 nitrogen and oxygen atoms in total. The van der Waals surface area contributed by atoms with Crippen LogP contribution < -0.4 is 4.90 Å². The molecule has 1 aliphatic heterocycles. The van der Waals surface area contributed by atoms with Gasteiger partial charge in [-0.3, -0.25) is 9.69 Å². The molecular weight excluding hydrogens is 372 g/mol. The van der Waals surface area contributed by atoms with E-state index in [0.29, 0.717) is 28.0 Å². The fourth-order valence-electron chi connectivity index (χ4n) is 3.25. The van der Waals surface area contributed by atoms with Crippen LogP contribution in [0.2, 0.25) is 5.02 Å². The SMILES string of the molecule is Cc1cc(C(=O)N(CC2CCCO2)c2nc3c(Cl)cccc3s2)c(C)o1. The smallest absolute Gasteiger partial charge is 0.263 e. The van der Waals surface area contributed by atoms with Gasteiger partial charge in [0, 0.05) is 6.61 Å². The number of anilines is 1. The lowest BCUT2D eigenvalue weighted by Crippen LogP contribution is -2.37. The van der Waals surface area contributed by atoms with Crippen LogP contribution in [0.3, 0.4) is 0 Å². The van der Waals surface area contributed by atoms with Gasteiger partial charge in [0.2, 0.25) is 0 Å². The van der Waals surface area contributed by atoms with Crippen molar-refractivity contribution >= 4 is 44.2 Å². The highest BCUT2D eigenvalue weighted by molar-refractivity contribution is 7.22. The van der Waals surface area contributed by atoms with E-state index in [0.717, 1.165) is 35.4 Å². The first kappa shape index (κ1) is 17.5. The summed E-state index contributed by atoms with van der Waals surface area (Å²) in [5.41, 5.74) is 1.28. The lowest BCUT2D eigenvalue weighted by Gasteiger charge is -2.22. The average Bonchev–Trinajstić information content (AvgIpc) is 3.32. The number of carbonyl (C=O) groups excluding carboxylic acids is 1. The van der Waals surface area contributed by atoms with Crippen LogP contribution in [0.4, 0.5) is 5.13 Å². The number of aryl methyl sites for hydroxylation is 2. The minimum Gasteiger partial charge on any atom is -0.466 e. The second-order valence-corrected chi connectivity index (χ2v) is 7.88. The van der Waals surface area contributed by atoms with Gasteiger partial charge in [-0.25, -0.2) is 4.98 Å². The van der Waals surface area contributed by atoms with Crippen molar-refractivity contribution in [3.63, 3.8) is 0 Å². The number of hydrogen-bond acceptors (Lipinski definition) is 5. The molecule has 1 amide bonds. The molecule has 26 heavy (non-hydrogen) atoms. The van der Waals surface area contributed by atoms with Gasteiger partial charge in [-0.05, 0) is 44.9 Å². The van der Waals surface area contributed by atoms with E-state index in [1.54, 1.807) is 17.9 Å². The number of ether oxygens (including phenoxy) is 1. The van der Waals surface area contributed by atoms with Crippen molar-refractivity contribution in [2.75, 3.05) is 18.1 Å². The molecule has 1 saturated heterocycles. The maximum atomic E-state index is 13.3. The Morgan fingerprint density at radius 3 is 2.92 bits per heavy atom. The van der Waals surface area contributed by atoms with Crippen LogP contribution in [0, 0.1) is 13.8 Å². The van der Waals surface area contributed by atoms with E-state index in [9.17, 15) is 4.79 Å². The first-order valence-electron chi connectivity index (χ1n) is 8.58. The summed E-state index contributed by atoms with van der Waals surface area (Å²) in [5.74, 6) is 1.21. The molecule has 3 heterocycles. The molecule has 0 aliphatic carbocycles. The summed E-state index contributed by atoms with van der Waals surface area (Å²) in [7, 11) is 0. The molecule has 0 bridgehead atoms. The molecule has 0 radical (unpaired) electrons. The number of rotatable bonds is 4. The molecular formula is C19H19ClN2O3S. The Balaban J connectivity index is 1.75. The van der Waals surface area contributed by atoms with Gasteiger partial charge in [0.1, 0.15) is 17.0 Å². The predicted molar refractivity (Wildman–Crippen MR) is 103 cm³/mol. The van der Waals surface area contributed by atoms with Crippen LogP contribution >= 0.6 is 22.9 Å². The molecule has 7 heteroatoms. The van der Waals surface area contributed by atoms with E-state index >= 15 is 0 Å². The van der Waals surface area contributed by atoms with Gasteiger partial charge in [0.15, 0.2) is 5.13 Å². The largest absolute Gasteiger partial charge is 0.466 e. The zero-order chi connectivity index (χ0) is 18.3. The van der Waals surface area contributed by atoms with Gasteiger partial charge >= 0.3 is 0 Å². The van der Waals surface area contributed by atoms with E-state index < -0.39 is 0 Å². The highest BCUT2D eigenvalue weighted by atomic mass is 35.5. The Kier molecular flexibility index (Phi) is 4.73. The molecule has 1 aliphatic rings. The number of benzene rings is 1. The first-order chi connectivity index (χ1) is 12.5. The van der Waals surface area contributed by atoms with E-state index in [1.807, 2.05) is 25.1 Å². The van der Waals surface area contributed by atoms with E-state index in [1.165, 1.54) is 11.3 Å². The van der Waals surface area contributed by atoms with Gasteiger partial charge in [-0.2, -0.15) is 0 Å². The summed E-state index contributed by atoms with van der Waals surface area (Å²) in [4.78, 5) is 19.6. The van der Waals surface area contributed by atoms with Gasteiger partial charge in [0.05, 0.1) is 27.9 Å². The Morgan fingerprint density at radius 2 is 2.27 bits per heavy atom. The molecule has 0 spiro atoms. The molecule has 2 aromatic heterocycles. The fraction of sp³-hybridized carbons (Fsp3) is 0.368. The fourth-order valence-corrected chi connectivity index (χ4v) is 4.52. The standard InChI is InChI=1S/C19H19ClN2O3S/c1-11-9-14(12(2)25-11)18(23)22(10-13-5-4-8-24-13)19-21-17-15(20)6-3-7-16(17)26-19/h3,6-7,9,13H,4-5,8,10H2,1-2H3. The van der Waals surface area contributed by atoms with E-state index in [-0.39, 0.29) is 12.0 Å². The normalized spacial score (nSPS) is 17.1. The quantitative estimate of drug-likeness (QED) is 0.630. The summed E-state index contributed by atoms with van der Waals surface area (Å²) in [6.07, 6.45) is 1.98. The number of hydrogen-bond donors (Lipinski definition) is 0. The maximum absolute atomic E-state index is 13.3. The Morgan fingerprint density at radius 1 is 1.42 bits per heavy atom. The zero-order valence-corrected chi connectivity index (χ0v) is 16.2. The third-order valence-electron chi connectivity index (χ3n) is 4.52. The Hall–Kier alpha value is -1.89. The topological polar surface area (TPSA) is 55.6 Å². The number of thiazole rings is 1. The molecule has 1 atom stereocenters. The number of nitrogens with zero attached hydrogens (tertiary/aromatic N) is 2. The van der Waals surface area contributed by atoms with Crippen molar-refractivity contribution in [3.8, 4) is 0 Å². The number of aromatic nitrogens is 1. The van der Waals surface area contributed by atoms with Crippen LogP contribution in [0.15, 0.2) is 28.7 Å². The monoisotopic (exact) mass is 390 g/mol. The van der Waals surface area contributed by atoms with Gasteiger partial charge in [-0.15, -0.1) is 0 Å². The number of para-hydroxylation sites is 1. The van der Waals surface area contributed by atoms with Gasteiger partial charge in [-0.1, -0.05) is 29.0 Å². The molecule has 1 aromatic carbocycles. The molecule has 3 aromatic rings. The highest BCUT2D eigenvalue weighted by Crippen LogP contribution is 2.34. The van der Waals surface area contributed by atoms with Gasteiger partial charge in [0.25, 0.3) is 5.91 Å². The minimum absolute atomic E-state index is 0.0229. The molecule has 0 N–H and O–H groups in total. The molecule has 1 fully saturated rings. The second kappa shape index (κ2) is 7.02. The molecule has 0 saturated carbocycles. The number of fused-ring (bicyclic) bond motifs is 1. The predicted octanol–water partition coefficient (Wildman–Crippen LogP) is 4.99. The molecule has 4 rings (SSSR count). The van der Waals surface area contributed by atoms with Crippen LogP contribution in [0.25, 0.3) is 10.2 Å². The van der Waals surface area contributed by atoms with Crippen molar-refractivity contribution in [2.24, 2.45) is 0 Å². The third kappa shape index (κ3) is 3.24. The number of halogens is 1. The van der Waals surface area contributed by atoms with Gasteiger partial charge < -0.3 is 9.15 Å². The van der Waals surface area contributed by atoms with Crippen LogP contribution in [-0.2, 0) is 4.74 Å². The third-order valence-corrected chi connectivity index (χ3v) is 5.86. The second-order valence-electron chi connectivity index (χ2n) is 6.46. The number of amides is 1. The van der Waals surface area contributed by atoms with Crippen molar-refractivity contribution in [2.45, 2.75) is 32.8 Å². The minimum atomic E-state index is -0.120. The number of carbonyl (C=O) groups is 1. The van der Waals surface area contributed by atoms with Crippen molar-refractivity contribution in [3.05, 3.63) is 46.4 Å². The first-order valence-corrected chi connectivity index (χ1v) is 9.78. The molecule has 1 unspecified atom stereocenters. The summed E-state index contributed by atoms with van der Waals surface area (Å²) in [6, 6.07) is 7.44. The van der Waals surface area contributed by atoms with E-state index in [4.69, 9.17) is 20.8 Å². The summed E-state index contributed by atoms with van der Waals surface area (Å²) in [5, 5.41) is 1.22. The Labute approximate surface area is 160 Å². The molecule has 136 valence electrons. The zero-order valence-electron chi connectivity index (χ0n) is 14.6. The Bertz CT molecular complexity index is 959. The van der Waals surface area contributed by atoms with Crippen LogP contribution in [-0.4, -0.2) is 30.1 Å². The van der Waals surface area contributed by atoms with Crippen LogP contribution in [0.1, 0.15) is 34.7 Å². The van der Waals surface area contributed by atoms with Crippen LogP contribution in [0.5, 0.6) is 0 Å². The van der Waals surface area contributed by atoms with E-state index in [2.05, 4.69) is 4.98 Å². The van der Waals surface area contributed by atoms with Crippen molar-refractivity contribution in [1.29, 1.82) is 0 Å². The van der Waals surface area contributed by atoms with Crippen molar-refractivity contribution in [1.82, 2.24) is 4.98 Å². The highest BCUT2D eigenvalue weighted by Gasteiger charge is 2.29. The summed E-state index contributed by atoms with van der Waals surface area (Å²) >= 11 is 7.73.